The summed E-state index contributed by atoms with van der Waals surface area (Å²) in [6.07, 6.45) is 0. The number of benzene rings is 1. The van der Waals surface area contributed by atoms with E-state index in [4.69, 9.17) is 11.6 Å². The Morgan fingerprint density at radius 2 is 1.95 bits per heavy atom. The van der Waals surface area contributed by atoms with Crippen LogP contribution in [0.4, 0.5) is 17.3 Å². The maximum atomic E-state index is 11.1. The molecule has 1 aromatic heterocycles. The number of anilines is 2. The highest BCUT2D eigenvalue weighted by Crippen LogP contribution is 2.27. The second-order valence-corrected chi connectivity index (χ2v) is 4.97. The first-order valence-corrected chi connectivity index (χ1v) is 6.68. The Morgan fingerprint density at radius 1 is 1.29 bits per heavy atom. The summed E-state index contributed by atoms with van der Waals surface area (Å²) in [5, 5.41) is 14.7. The third-order valence-corrected chi connectivity index (χ3v) is 3.25. The largest absolute Gasteiger partial charge is 0.373 e. The summed E-state index contributed by atoms with van der Waals surface area (Å²) in [6, 6.07) is 10.4. The van der Waals surface area contributed by atoms with E-state index in [1.807, 2.05) is 12.1 Å². The van der Waals surface area contributed by atoms with Crippen molar-refractivity contribution in [1.82, 2.24) is 4.98 Å². The van der Waals surface area contributed by atoms with Crippen LogP contribution in [0, 0.1) is 10.1 Å². The minimum atomic E-state index is -0.430. The zero-order valence-electron chi connectivity index (χ0n) is 11.7. The van der Waals surface area contributed by atoms with Crippen molar-refractivity contribution in [2.45, 2.75) is 6.54 Å². The van der Waals surface area contributed by atoms with Crippen LogP contribution in [0.2, 0.25) is 5.02 Å². The molecule has 0 bridgehead atoms. The molecule has 0 saturated carbocycles. The van der Waals surface area contributed by atoms with E-state index in [1.165, 1.54) is 6.07 Å². The van der Waals surface area contributed by atoms with E-state index in [-0.39, 0.29) is 5.69 Å². The van der Waals surface area contributed by atoms with Crippen molar-refractivity contribution in [3.8, 4) is 0 Å². The highest BCUT2D eigenvalue weighted by atomic mass is 35.5. The summed E-state index contributed by atoms with van der Waals surface area (Å²) in [4.78, 5) is 16.7. The average Bonchev–Trinajstić information content (AvgIpc) is 2.48. The van der Waals surface area contributed by atoms with E-state index in [2.05, 4.69) is 10.3 Å². The van der Waals surface area contributed by atoms with Crippen molar-refractivity contribution >= 4 is 28.9 Å². The van der Waals surface area contributed by atoms with Gasteiger partial charge in [-0.2, -0.15) is 0 Å². The summed E-state index contributed by atoms with van der Waals surface area (Å²) in [5.41, 5.74) is 0.971. The second kappa shape index (κ2) is 6.41. The van der Waals surface area contributed by atoms with Crippen LogP contribution >= 0.6 is 11.6 Å². The number of nitrogens with one attached hydrogen (secondary N) is 1. The minimum absolute atomic E-state index is 0.0227. The van der Waals surface area contributed by atoms with Gasteiger partial charge in [0.2, 0.25) is 5.82 Å². The van der Waals surface area contributed by atoms with Crippen molar-refractivity contribution in [3.05, 3.63) is 57.1 Å². The van der Waals surface area contributed by atoms with Crippen LogP contribution in [0.1, 0.15) is 5.56 Å². The summed E-state index contributed by atoms with van der Waals surface area (Å²) in [6.45, 7) is 0.498. The van der Waals surface area contributed by atoms with Crippen LogP contribution in [0.25, 0.3) is 0 Å². The Balaban J connectivity index is 2.30. The lowest BCUT2D eigenvalue weighted by Gasteiger charge is -2.18. The molecular weight excluding hydrogens is 292 g/mol. The summed E-state index contributed by atoms with van der Waals surface area (Å²) < 4.78 is 0. The standard InChI is InChI=1S/C14H15ClN4O2/c1-16-13-8-7-12(19(20)21)14(17-13)18(2)9-10-3-5-11(15)6-4-10/h3-8H,9H2,1-2H3,(H,16,17). The SMILES string of the molecule is CNc1ccc([N+](=O)[O-])c(N(C)Cc2ccc(Cl)cc2)n1. The van der Waals surface area contributed by atoms with Gasteiger partial charge in [0.15, 0.2) is 0 Å². The maximum absolute atomic E-state index is 11.1. The lowest BCUT2D eigenvalue weighted by Crippen LogP contribution is -2.19. The summed E-state index contributed by atoms with van der Waals surface area (Å²) in [7, 11) is 3.49. The zero-order valence-corrected chi connectivity index (χ0v) is 12.5. The molecule has 2 rings (SSSR count). The van der Waals surface area contributed by atoms with E-state index in [0.29, 0.717) is 23.2 Å². The van der Waals surface area contributed by atoms with E-state index in [9.17, 15) is 10.1 Å². The van der Waals surface area contributed by atoms with Crippen molar-refractivity contribution < 1.29 is 4.92 Å². The number of hydrogen-bond acceptors (Lipinski definition) is 5. The number of hydrogen-bond donors (Lipinski definition) is 1. The van der Waals surface area contributed by atoms with Gasteiger partial charge in [0, 0.05) is 31.7 Å². The van der Waals surface area contributed by atoms with Crippen molar-refractivity contribution in [1.29, 1.82) is 0 Å². The van der Waals surface area contributed by atoms with Crippen LogP contribution in [0.3, 0.4) is 0 Å². The highest BCUT2D eigenvalue weighted by molar-refractivity contribution is 6.30. The van der Waals surface area contributed by atoms with Gasteiger partial charge in [-0.25, -0.2) is 4.98 Å². The van der Waals surface area contributed by atoms with Gasteiger partial charge in [-0.05, 0) is 23.8 Å². The lowest BCUT2D eigenvalue weighted by molar-refractivity contribution is -0.384. The molecule has 1 heterocycles. The Bertz CT molecular complexity index is 646. The molecule has 21 heavy (non-hydrogen) atoms. The van der Waals surface area contributed by atoms with E-state index in [0.717, 1.165) is 5.56 Å². The molecule has 0 atom stereocenters. The van der Waals surface area contributed by atoms with Gasteiger partial charge in [-0.1, -0.05) is 23.7 Å². The van der Waals surface area contributed by atoms with Crippen molar-refractivity contribution in [3.63, 3.8) is 0 Å². The Labute approximate surface area is 127 Å². The third kappa shape index (κ3) is 3.61. The van der Waals surface area contributed by atoms with Crippen LogP contribution in [0.15, 0.2) is 36.4 Å². The Kier molecular flexibility index (Phi) is 4.59. The fraction of sp³-hybridized carbons (Fsp3) is 0.214. The van der Waals surface area contributed by atoms with Crippen molar-refractivity contribution in [2.24, 2.45) is 0 Å². The molecule has 6 nitrogen and oxygen atoms in total. The first kappa shape index (κ1) is 15.1. The van der Waals surface area contributed by atoms with Gasteiger partial charge in [0.25, 0.3) is 0 Å². The lowest BCUT2D eigenvalue weighted by atomic mass is 10.2. The molecule has 7 heteroatoms. The predicted molar refractivity (Wildman–Crippen MR) is 84.0 cm³/mol. The number of rotatable bonds is 5. The molecule has 0 radical (unpaired) electrons. The quantitative estimate of drug-likeness (QED) is 0.677. The number of nitrogens with zero attached hydrogens (tertiary/aromatic N) is 3. The van der Waals surface area contributed by atoms with E-state index < -0.39 is 4.92 Å². The fourth-order valence-electron chi connectivity index (χ4n) is 1.94. The molecule has 0 aliphatic heterocycles. The molecule has 0 amide bonds. The molecule has 0 spiro atoms. The molecular formula is C14H15ClN4O2. The molecule has 0 unspecified atom stereocenters. The number of aromatic nitrogens is 1. The minimum Gasteiger partial charge on any atom is -0.373 e. The van der Waals surface area contributed by atoms with Gasteiger partial charge >= 0.3 is 5.69 Å². The Morgan fingerprint density at radius 3 is 2.52 bits per heavy atom. The number of pyridine rings is 1. The normalized spacial score (nSPS) is 10.2. The first-order chi connectivity index (χ1) is 10.0. The molecule has 1 N–H and O–H groups in total. The third-order valence-electron chi connectivity index (χ3n) is 3.00. The van der Waals surface area contributed by atoms with Crippen molar-refractivity contribution in [2.75, 3.05) is 24.3 Å². The monoisotopic (exact) mass is 306 g/mol. The molecule has 110 valence electrons. The predicted octanol–water partition coefficient (Wildman–Crippen LogP) is 3.32. The molecule has 0 aliphatic carbocycles. The van der Waals surface area contributed by atoms with Gasteiger partial charge < -0.3 is 10.2 Å². The van der Waals surface area contributed by atoms with Gasteiger partial charge in [0.1, 0.15) is 5.82 Å². The van der Waals surface area contributed by atoms with Gasteiger partial charge in [-0.3, -0.25) is 10.1 Å². The molecule has 1 aromatic carbocycles. The van der Waals surface area contributed by atoms with E-state index >= 15 is 0 Å². The van der Waals surface area contributed by atoms with Crippen LogP contribution in [-0.2, 0) is 6.54 Å². The smallest absolute Gasteiger partial charge is 0.311 e. The Hall–Kier alpha value is -2.34. The summed E-state index contributed by atoms with van der Waals surface area (Å²) in [5.74, 6) is 0.903. The first-order valence-electron chi connectivity index (χ1n) is 6.30. The van der Waals surface area contributed by atoms with Gasteiger partial charge in [-0.15, -0.1) is 0 Å². The topological polar surface area (TPSA) is 71.3 Å². The van der Waals surface area contributed by atoms with E-state index in [1.54, 1.807) is 37.2 Å². The molecule has 0 saturated heterocycles. The number of nitro groups is 1. The van der Waals surface area contributed by atoms with Crippen LogP contribution in [0.5, 0.6) is 0 Å². The molecule has 0 fully saturated rings. The molecule has 0 aliphatic rings. The summed E-state index contributed by atoms with van der Waals surface area (Å²) >= 11 is 5.85. The van der Waals surface area contributed by atoms with Crippen LogP contribution in [-0.4, -0.2) is 24.0 Å². The maximum Gasteiger partial charge on any atom is 0.311 e. The number of halogens is 1. The van der Waals surface area contributed by atoms with Gasteiger partial charge in [0.05, 0.1) is 4.92 Å². The highest BCUT2D eigenvalue weighted by Gasteiger charge is 2.19. The van der Waals surface area contributed by atoms with Crippen LogP contribution < -0.4 is 10.2 Å². The second-order valence-electron chi connectivity index (χ2n) is 4.53. The fourth-order valence-corrected chi connectivity index (χ4v) is 2.07. The zero-order chi connectivity index (χ0) is 15.4. The average molecular weight is 307 g/mol. The molecule has 2 aromatic rings.